The number of aromatic carboxylic acids is 2. The lowest BCUT2D eigenvalue weighted by Gasteiger charge is -2.09. The van der Waals surface area contributed by atoms with E-state index < -0.39 is 22.8 Å². The minimum Gasteiger partial charge on any atom is -0.478 e. The minimum absolute atomic E-state index is 0.0593. The molecule has 0 bridgehead atoms. The molecular weight excluding hydrogens is 356 g/mol. The average molecular weight is 365 g/mol. The van der Waals surface area contributed by atoms with Crippen molar-refractivity contribution < 1.29 is 29.5 Å². The monoisotopic (exact) mass is 364 g/mol. The van der Waals surface area contributed by atoms with Crippen LogP contribution in [0.5, 0.6) is 0 Å². The minimum atomic E-state index is -1.38. The molecule has 0 fully saturated rings. The number of hydrogen-bond acceptors (Lipinski definition) is 5. The first-order chi connectivity index (χ1) is 11.7. The summed E-state index contributed by atoms with van der Waals surface area (Å²) < 4.78 is 0. The highest BCUT2D eigenvalue weighted by atomic mass is 35.5. The van der Waals surface area contributed by atoms with Crippen LogP contribution in [0.15, 0.2) is 36.4 Å². The number of non-ortho nitro benzene ring substituents is 1. The van der Waals surface area contributed by atoms with Gasteiger partial charge in [-0.2, -0.15) is 0 Å². The van der Waals surface area contributed by atoms with E-state index in [-0.39, 0.29) is 33.1 Å². The second-order valence-electron chi connectivity index (χ2n) is 4.78. The van der Waals surface area contributed by atoms with E-state index in [2.05, 4.69) is 5.32 Å². The van der Waals surface area contributed by atoms with Crippen molar-refractivity contribution in [1.82, 2.24) is 0 Å². The number of amides is 1. The second-order valence-corrected chi connectivity index (χ2v) is 5.19. The van der Waals surface area contributed by atoms with Crippen molar-refractivity contribution in [3.63, 3.8) is 0 Å². The number of carbonyl (C=O) groups is 3. The standard InChI is InChI=1S/C15H9ClN2O7/c16-12-2-1-10(18(24)25)6-11(12)13(19)17-9-4-7(14(20)21)3-8(5-9)15(22)23/h1-6H,(H,17,19)(H,20,21)(H,22,23). The highest BCUT2D eigenvalue weighted by Crippen LogP contribution is 2.24. The third-order valence-electron chi connectivity index (χ3n) is 3.09. The Hall–Kier alpha value is -3.46. The Bertz CT molecular complexity index is 878. The van der Waals surface area contributed by atoms with Crippen LogP contribution in [0.2, 0.25) is 5.02 Å². The molecule has 10 heteroatoms. The van der Waals surface area contributed by atoms with Crippen molar-refractivity contribution in [3.8, 4) is 0 Å². The second kappa shape index (κ2) is 6.97. The van der Waals surface area contributed by atoms with Gasteiger partial charge in [0.05, 0.1) is 26.6 Å². The summed E-state index contributed by atoms with van der Waals surface area (Å²) in [7, 11) is 0. The van der Waals surface area contributed by atoms with E-state index in [4.69, 9.17) is 21.8 Å². The molecule has 0 aliphatic rings. The Balaban J connectivity index is 2.41. The zero-order valence-electron chi connectivity index (χ0n) is 12.2. The molecule has 2 rings (SSSR count). The summed E-state index contributed by atoms with van der Waals surface area (Å²) in [4.78, 5) is 44.4. The molecular formula is C15H9ClN2O7. The molecule has 0 aliphatic heterocycles. The maximum absolute atomic E-state index is 12.3. The summed E-state index contributed by atoms with van der Waals surface area (Å²) in [5.41, 5.74) is -1.38. The SMILES string of the molecule is O=C(O)c1cc(NC(=O)c2cc([N+](=O)[O-])ccc2Cl)cc(C(=O)O)c1. The highest BCUT2D eigenvalue weighted by Gasteiger charge is 2.18. The molecule has 0 saturated carbocycles. The van der Waals surface area contributed by atoms with Crippen LogP contribution in [0.1, 0.15) is 31.1 Å². The Morgan fingerprint density at radius 1 is 1.00 bits per heavy atom. The van der Waals surface area contributed by atoms with Gasteiger partial charge >= 0.3 is 11.9 Å². The largest absolute Gasteiger partial charge is 0.478 e. The van der Waals surface area contributed by atoms with Gasteiger partial charge in [-0.3, -0.25) is 14.9 Å². The van der Waals surface area contributed by atoms with E-state index in [9.17, 15) is 24.5 Å². The van der Waals surface area contributed by atoms with Gasteiger partial charge in [-0.1, -0.05) is 11.6 Å². The molecule has 25 heavy (non-hydrogen) atoms. The van der Waals surface area contributed by atoms with Crippen molar-refractivity contribution in [3.05, 3.63) is 68.2 Å². The van der Waals surface area contributed by atoms with Crippen LogP contribution in [0.4, 0.5) is 11.4 Å². The molecule has 0 atom stereocenters. The van der Waals surface area contributed by atoms with Crippen molar-refractivity contribution in [2.24, 2.45) is 0 Å². The number of nitrogens with one attached hydrogen (secondary N) is 1. The van der Waals surface area contributed by atoms with E-state index in [1.807, 2.05) is 0 Å². The van der Waals surface area contributed by atoms with E-state index in [1.165, 1.54) is 6.07 Å². The van der Waals surface area contributed by atoms with Gasteiger partial charge < -0.3 is 15.5 Å². The predicted octanol–water partition coefficient (Wildman–Crippen LogP) is 2.90. The summed E-state index contributed by atoms with van der Waals surface area (Å²) >= 11 is 5.85. The van der Waals surface area contributed by atoms with Crippen LogP contribution < -0.4 is 5.32 Å². The van der Waals surface area contributed by atoms with Gasteiger partial charge in [-0.05, 0) is 24.3 Å². The quantitative estimate of drug-likeness (QED) is 0.545. The van der Waals surface area contributed by atoms with Gasteiger partial charge in [0.2, 0.25) is 0 Å². The van der Waals surface area contributed by atoms with Gasteiger partial charge in [-0.15, -0.1) is 0 Å². The molecule has 0 saturated heterocycles. The van der Waals surface area contributed by atoms with Gasteiger partial charge in [0.1, 0.15) is 0 Å². The molecule has 0 unspecified atom stereocenters. The van der Waals surface area contributed by atoms with E-state index in [0.29, 0.717) is 0 Å². The summed E-state index contributed by atoms with van der Waals surface area (Å²) in [5, 5.41) is 31.0. The molecule has 9 nitrogen and oxygen atoms in total. The van der Waals surface area contributed by atoms with Crippen LogP contribution in [0, 0.1) is 10.1 Å². The first-order valence-electron chi connectivity index (χ1n) is 6.56. The number of carbonyl (C=O) groups excluding carboxylic acids is 1. The number of nitro groups is 1. The normalized spacial score (nSPS) is 10.1. The number of hydrogen-bond donors (Lipinski definition) is 3. The number of rotatable bonds is 5. The van der Waals surface area contributed by atoms with Crippen LogP contribution in [-0.4, -0.2) is 33.0 Å². The summed E-state index contributed by atoms with van der Waals surface area (Å²) in [6.07, 6.45) is 0. The maximum Gasteiger partial charge on any atom is 0.335 e. The topological polar surface area (TPSA) is 147 Å². The zero-order valence-corrected chi connectivity index (χ0v) is 13.0. The van der Waals surface area contributed by atoms with E-state index >= 15 is 0 Å². The molecule has 0 spiro atoms. The fraction of sp³-hybridized carbons (Fsp3) is 0. The molecule has 1 amide bonds. The Morgan fingerprint density at radius 3 is 2.04 bits per heavy atom. The number of carboxylic acid groups (broad SMARTS) is 2. The summed E-state index contributed by atoms with van der Waals surface area (Å²) in [6, 6.07) is 6.28. The van der Waals surface area contributed by atoms with Crippen molar-refractivity contribution >= 4 is 40.8 Å². The third kappa shape index (κ3) is 4.09. The Morgan fingerprint density at radius 2 is 1.56 bits per heavy atom. The summed E-state index contributed by atoms with van der Waals surface area (Å²) in [6.45, 7) is 0. The predicted molar refractivity (Wildman–Crippen MR) is 86.4 cm³/mol. The zero-order chi connectivity index (χ0) is 18.7. The van der Waals surface area contributed by atoms with Crippen LogP contribution >= 0.6 is 11.6 Å². The number of benzene rings is 2. The van der Waals surface area contributed by atoms with Gasteiger partial charge in [0, 0.05) is 17.8 Å². The van der Waals surface area contributed by atoms with Crippen LogP contribution in [0.25, 0.3) is 0 Å². The number of anilines is 1. The van der Waals surface area contributed by atoms with Crippen LogP contribution in [-0.2, 0) is 0 Å². The van der Waals surface area contributed by atoms with Crippen LogP contribution in [0.3, 0.4) is 0 Å². The van der Waals surface area contributed by atoms with E-state index in [1.54, 1.807) is 0 Å². The van der Waals surface area contributed by atoms with Crippen molar-refractivity contribution in [1.29, 1.82) is 0 Å². The fourth-order valence-electron chi connectivity index (χ4n) is 1.95. The molecule has 2 aromatic rings. The average Bonchev–Trinajstić information content (AvgIpc) is 2.54. The Kier molecular flexibility index (Phi) is 4.99. The fourth-order valence-corrected chi connectivity index (χ4v) is 2.15. The maximum atomic E-state index is 12.3. The highest BCUT2D eigenvalue weighted by molar-refractivity contribution is 6.34. The number of carboxylic acids is 2. The molecule has 0 radical (unpaired) electrons. The van der Waals surface area contributed by atoms with E-state index in [0.717, 1.165) is 30.3 Å². The molecule has 128 valence electrons. The van der Waals surface area contributed by atoms with Crippen molar-refractivity contribution in [2.45, 2.75) is 0 Å². The molecule has 3 N–H and O–H groups in total. The first kappa shape index (κ1) is 17.9. The van der Waals surface area contributed by atoms with Gasteiger partial charge in [-0.25, -0.2) is 9.59 Å². The van der Waals surface area contributed by atoms with Crippen molar-refractivity contribution in [2.75, 3.05) is 5.32 Å². The van der Waals surface area contributed by atoms with Gasteiger partial charge in [0.25, 0.3) is 11.6 Å². The molecule has 0 heterocycles. The summed E-state index contributed by atoms with van der Waals surface area (Å²) in [5.74, 6) is -3.62. The number of nitrogens with zero attached hydrogens (tertiary/aromatic N) is 1. The number of halogens is 1. The lowest BCUT2D eigenvalue weighted by molar-refractivity contribution is -0.384. The lowest BCUT2D eigenvalue weighted by Crippen LogP contribution is -2.14. The number of nitro benzene ring substituents is 1. The lowest BCUT2D eigenvalue weighted by atomic mass is 10.1. The smallest absolute Gasteiger partial charge is 0.335 e. The third-order valence-corrected chi connectivity index (χ3v) is 3.42. The first-order valence-corrected chi connectivity index (χ1v) is 6.94. The Labute approximate surface area is 144 Å². The molecule has 0 aliphatic carbocycles. The van der Waals surface area contributed by atoms with Gasteiger partial charge in [0.15, 0.2) is 0 Å². The molecule has 0 aromatic heterocycles. The molecule has 2 aromatic carbocycles.